The summed E-state index contributed by atoms with van der Waals surface area (Å²) < 4.78 is 5.23. The number of hydrogen-bond acceptors (Lipinski definition) is 8. The SMILES string of the molecule is CSc1ccc(C(=O)C(O)(COC(=O)Nc2ccc(C#N)cn2)c2ccc(SC)cc2)cc1. The van der Waals surface area contributed by atoms with Crippen molar-refractivity contribution in [1.29, 1.82) is 5.26 Å². The number of hydrogen-bond donors (Lipinski definition) is 2. The summed E-state index contributed by atoms with van der Waals surface area (Å²) in [5.74, 6) is -0.415. The Morgan fingerprint density at radius 3 is 2.15 bits per heavy atom. The summed E-state index contributed by atoms with van der Waals surface area (Å²) in [6.45, 7) is -0.600. The number of amides is 1. The summed E-state index contributed by atoms with van der Waals surface area (Å²) in [5, 5.41) is 22.7. The minimum atomic E-state index is -2.09. The minimum Gasteiger partial charge on any atom is -0.445 e. The van der Waals surface area contributed by atoms with Gasteiger partial charge < -0.3 is 9.84 Å². The molecule has 0 aliphatic rings. The Labute approximate surface area is 200 Å². The van der Waals surface area contributed by atoms with Crippen LogP contribution in [0.3, 0.4) is 0 Å². The Kier molecular flexibility index (Phi) is 8.11. The third-order valence-electron chi connectivity index (χ3n) is 4.83. The number of nitriles is 1. The number of carbonyl (C=O) groups is 2. The molecule has 33 heavy (non-hydrogen) atoms. The fourth-order valence-electron chi connectivity index (χ4n) is 2.97. The molecular formula is C24H21N3O4S2. The highest BCUT2D eigenvalue weighted by atomic mass is 32.2. The number of thioether (sulfide) groups is 2. The van der Waals surface area contributed by atoms with Gasteiger partial charge in [0.15, 0.2) is 5.60 Å². The molecule has 0 saturated heterocycles. The summed E-state index contributed by atoms with van der Waals surface area (Å²) >= 11 is 3.06. The Hall–Kier alpha value is -3.32. The van der Waals surface area contributed by atoms with Crippen LogP contribution in [0.4, 0.5) is 10.6 Å². The van der Waals surface area contributed by atoms with Gasteiger partial charge in [0.25, 0.3) is 0 Å². The number of nitrogens with zero attached hydrogens (tertiary/aromatic N) is 2. The summed E-state index contributed by atoms with van der Waals surface area (Å²) in [6.07, 6.45) is 4.26. The maximum atomic E-state index is 13.3. The second-order valence-electron chi connectivity index (χ2n) is 6.89. The molecule has 0 fully saturated rings. The van der Waals surface area contributed by atoms with Gasteiger partial charge in [-0.15, -0.1) is 23.5 Å². The Bertz CT molecular complexity index is 1160. The number of rotatable bonds is 8. The lowest BCUT2D eigenvalue weighted by atomic mass is 9.86. The summed E-state index contributed by atoms with van der Waals surface area (Å²) in [7, 11) is 0. The molecule has 0 bridgehead atoms. The van der Waals surface area contributed by atoms with E-state index in [2.05, 4.69) is 10.3 Å². The molecule has 1 heterocycles. The van der Waals surface area contributed by atoms with E-state index in [1.54, 1.807) is 48.5 Å². The second-order valence-corrected chi connectivity index (χ2v) is 8.65. The van der Waals surface area contributed by atoms with Gasteiger partial charge >= 0.3 is 6.09 Å². The van der Waals surface area contributed by atoms with Crippen molar-refractivity contribution in [3.63, 3.8) is 0 Å². The molecular weight excluding hydrogens is 458 g/mol. The summed E-state index contributed by atoms with van der Waals surface area (Å²) in [6, 6.07) is 18.6. The van der Waals surface area contributed by atoms with Gasteiger partial charge in [-0.25, -0.2) is 9.78 Å². The van der Waals surface area contributed by atoms with Crippen molar-refractivity contribution in [1.82, 2.24) is 4.98 Å². The summed E-state index contributed by atoms with van der Waals surface area (Å²) in [5.41, 5.74) is -1.15. The molecule has 0 aliphatic carbocycles. The number of aliphatic hydroxyl groups is 1. The van der Waals surface area contributed by atoms with Crippen LogP contribution in [0, 0.1) is 11.3 Å². The molecule has 7 nitrogen and oxygen atoms in total. The molecule has 2 N–H and O–H groups in total. The number of carbonyl (C=O) groups excluding carboxylic acids is 2. The number of pyridine rings is 1. The van der Waals surface area contributed by atoms with Crippen LogP contribution in [-0.4, -0.2) is 41.1 Å². The van der Waals surface area contributed by atoms with E-state index < -0.39 is 24.1 Å². The largest absolute Gasteiger partial charge is 0.445 e. The lowest BCUT2D eigenvalue weighted by molar-refractivity contribution is -0.00794. The molecule has 1 aromatic heterocycles. The van der Waals surface area contributed by atoms with Gasteiger partial charge in [-0.1, -0.05) is 24.3 Å². The van der Waals surface area contributed by atoms with E-state index in [0.717, 1.165) is 9.79 Å². The van der Waals surface area contributed by atoms with E-state index >= 15 is 0 Å². The topological polar surface area (TPSA) is 112 Å². The second kappa shape index (κ2) is 11.0. The van der Waals surface area contributed by atoms with E-state index in [9.17, 15) is 14.7 Å². The molecule has 9 heteroatoms. The zero-order valence-electron chi connectivity index (χ0n) is 17.9. The van der Waals surface area contributed by atoms with Crippen LogP contribution >= 0.6 is 23.5 Å². The van der Waals surface area contributed by atoms with E-state index in [0.29, 0.717) is 16.7 Å². The number of Topliss-reactive ketones (excluding diaryl/α,β-unsaturated/α-hetero) is 1. The highest BCUT2D eigenvalue weighted by Crippen LogP contribution is 2.29. The van der Waals surface area contributed by atoms with E-state index in [-0.39, 0.29) is 5.82 Å². The van der Waals surface area contributed by atoms with Crippen molar-refractivity contribution in [2.75, 3.05) is 24.4 Å². The molecule has 1 unspecified atom stereocenters. The third kappa shape index (κ3) is 5.93. The van der Waals surface area contributed by atoms with Crippen molar-refractivity contribution in [2.24, 2.45) is 0 Å². The highest BCUT2D eigenvalue weighted by Gasteiger charge is 2.40. The molecule has 0 saturated carbocycles. The fourth-order valence-corrected chi connectivity index (χ4v) is 3.79. The first kappa shape index (κ1) is 24.3. The van der Waals surface area contributed by atoms with Crippen LogP contribution in [0.5, 0.6) is 0 Å². The van der Waals surface area contributed by atoms with Crippen LogP contribution < -0.4 is 5.32 Å². The first-order valence-electron chi connectivity index (χ1n) is 9.75. The monoisotopic (exact) mass is 479 g/mol. The highest BCUT2D eigenvalue weighted by molar-refractivity contribution is 7.98. The van der Waals surface area contributed by atoms with Crippen molar-refractivity contribution in [3.05, 3.63) is 83.6 Å². The van der Waals surface area contributed by atoms with E-state index in [4.69, 9.17) is 10.00 Å². The van der Waals surface area contributed by atoms with E-state index in [1.165, 1.54) is 41.9 Å². The average Bonchev–Trinajstić information content (AvgIpc) is 2.87. The lowest BCUT2D eigenvalue weighted by Crippen LogP contribution is -2.41. The van der Waals surface area contributed by atoms with Gasteiger partial charge in [0, 0.05) is 21.6 Å². The first-order valence-corrected chi connectivity index (χ1v) is 12.2. The number of ketones is 1. The molecule has 3 aromatic rings. The standard InChI is InChI=1S/C24H21N3O4S2/c1-32-19-8-4-17(5-9-19)22(28)24(30,18-6-10-20(33-2)11-7-18)15-31-23(29)27-21-12-3-16(13-25)14-26-21/h3-12,14,30H,15H2,1-2H3,(H,26,27,29). The smallest absolute Gasteiger partial charge is 0.412 e. The van der Waals surface area contributed by atoms with Crippen LogP contribution in [0.15, 0.2) is 76.7 Å². The van der Waals surface area contributed by atoms with Crippen LogP contribution in [0.2, 0.25) is 0 Å². The predicted molar refractivity (Wildman–Crippen MR) is 129 cm³/mol. The fraction of sp³-hybridized carbons (Fsp3) is 0.167. The van der Waals surface area contributed by atoms with Crippen LogP contribution in [-0.2, 0) is 10.3 Å². The third-order valence-corrected chi connectivity index (χ3v) is 6.32. The van der Waals surface area contributed by atoms with Gasteiger partial charge in [-0.05, 0) is 54.5 Å². The molecule has 2 aromatic carbocycles. The minimum absolute atomic E-state index is 0.172. The molecule has 3 rings (SSSR count). The Morgan fingerprint density at radius 1 is 1.03 bits per heavy atom. The normalized spacial score (nSPS) is 12.3. The number of anilines is 1. The molecule has 0 spiro atoms. The lowest BCUT2D eigenvalue weighted by Gasteiger charge is -2.27. The molecule has 1 atom stereocenters. The number of aromatic nitrogens is 1. The Morgan fingerprint density at radius 2 is 1.64 bits per heavy atom. The van der Waals surface area contributed by atoms with Crippen LogP contribution in [0.1, 0.15) is 21.5 Å². The van der Waals surface area contributed by atoms with Crippen molar-refractivity contribution >= 4 is 41.2 Å². The Balaban J connectivity index is 1.83. The first-order chi connectivity index (χ1) is 15.9. The van der Waals surface area contributed by atoms with Crippen molar-refractivity contribution in [2.45, 2.75) is 15.4 Å². The zero-order valence-corrected chi connectivity index (χ0v) is 19.6. The van der Waals surface area contributed by atoms with Gasteiger partial charge in [0.2, 0.25) is 5.78 Å². The maximum Gasteiger partial charge on any atom is 0.412 e. The molecule has 0 radical (unpaired) electrons. The number of ether oxygens (including phenoxy) is 1. The maximum absolute atomic E-state index is 13.3. The predicted octanol–water partition coefficient (Wildman–Crippen LogP) is 4.72. The molecule has 1 amide bonds. The van der Waals surface area contributed by atoms with Gasteiger partial charge in [-0.3, -0.25) is 10.1 Å². The van der Waals surface area contributed by atoms with Crippen molar-refractivity contribution < 1.29 is 19.4 Å². The number of nitrogens with one attached hydrogen (secondary N) is 1. The summed E-state index contributed by atoms with van der Waals surface area (Å²) in [4.78, 5) is 31.5. The van der Waals surface area contributed by atoms with Gasteiger partial charge in [-0.2, -0.15) is 5.26 Å². The van der Waals surface area contributed by atoms with Crippen LogP contribution in [0.25, 0.3) is 0 Å². The molecule has 168 valence electrons. The van der Waals surface area contributed by atoms with Gasteiger partial charge in [0.05, 0.1) is 5.56 Å². The van der Waals surface area contributed by atoms with E-state index in [1.807, 2.05) is 18.6 Å². The average molecular weight is 480 g/mol. The molecule has 0 aliphatic heterocycles. The van der Waals surface area contributed by atoms with Crippen molar-refractivity contribution in [3.8, 4) is 6.07 Å². The quantitative estimate of drug-likeness (QED) is 0.353. The number of benzene rings is 2. The van der Waals surface area contributed by atoms with Gasteiger partial charge in [0.1, 0.15) is 18.5 Å². The zero-order chi connectivity index (χ0) is 23.8.